The summed E-state index contributed by atoms with van der Waals surface area (Å²) in [5.74, 6) is 0.508. The van der Waals surface area contributed by atoms with Crippen molar-refractivity contribution in [1.29, 1.82) is 5.26 Å². The number of fused-ring (bicyclic) bond motifs is 2. The summed E-state index contributed by atoms with van der Waals surface area (Å²) in [6.45, 7) is 5.91. The highest BCUT2D eigenvalue weighted by atomic mass is 35.5. The summed E-state index contributed by atoms with van der Waals surface area (Å²) in [5, 5.41) is 14.5. The maximum atomic E-state index is 14.5. The minimum absolute atomic E-state index is 0.101. The van der Waals surface area contributed by atoms with Gasteiger partial charge in [-0.25, -0.2) is 4.39 Å². The van der Waals surface area contributed by atoms with Crippen LogP contribution in [-0.4, -0.2) is 72.3 Å². The SMILES string of the molecule is N#CC[C@H]1CN(c2nc(OC3CCC3N3CCC3)nc3c2CCN(c2cccc4ccc(F)c(Cl)c24)C3)CCN1. The lowest BCUT2D eigenvalue weighted by Crippen LogP contribution is -2.57. The van der Waals surface area contributed by atoms with Crippen LogP contribution in [-0.2, 0) is 13.0 Å². The van der Waals surface area contributed by atoms with E-state index in [2.05, 4.69) is 26.1 Å². The van der Waals surface area contributed by atoms with Gasteiger partial charge in [-0.05, 0) is 56.3 Å². The number of hydrogen-bond donors (Lipinski definition) is 1. The topological polar surface area (TPSA) is 80.5 Å². The van der Waals surface area contributed by atoms with Crippen molar-refractivity contribution >= 4 is 33.9 Å². The van der Waals surface area contributed by atoms with Gasteiger partial charge in [-0.3, -0.25) is 4.90 Å². The van der Waals surface area contributed by atoms with E-state index in [-0.39, 0.29) is 17.2 Å². The van der Waals surface area contributed by atoms with Crippen LogP contribution >= 0.6 is 11.6 Å². The second-order valence-corrected chi connectivity index (χ2v) is 11.7. The fourth-order valence-corrected chi connectivity index (χ4v) is 6.81. The van der Waals surface area contributed by atoms with E-state index in [4.69, 9.17) is 26.3 Å². The molecule has 40 heavy (non-hydrogen) atoms. The van der Waals surface area contributed by atoms with Gasteiger partial charge in [0.15, 0.2) is 0 Å². The second kappa shape index (κ2) is 10.7. The number of rotatable bonds is 6. The fraction of sp³-hybridized carbons (Fsp3) is 0.500. The zero-order valence-electron chi connectivity index (χ0n) is 22.5. The van der Waals surface area contributed by atoms with Crippen LogP contribution in [0.1, 0.15) is 36.9 Å². The van der Waals surface area contributed by atoms with E-state index in [0.717, 1.165) is 92.1 Å². The van der Waals surface area contributed by atoms with Crippen molar-refractivity contribution in [1.82, 2.24) is 20.2 Å². The highest BCUT2D eigenvalue weighted by Gasteiger charge is 2.40. The van der Waals surface area contributed by atoms with E-state index in [1.165, 1.54) is 12.5 Å². The number of nitrogens with zero attached hydrogens (tertiary/aromatic N) is 6. The molecular weight excluding hydrogens is 529 g/mol. The summed E-state index contributed by atoms with van der Waals surface area (Å²) >= 11 is 6.49. The Balaban J connectivity index is 1.23. The van der Waals surface area contributed by atoms with E-state index in [1.807, 2.05) is 18.2 Å². The summed E-state index contributed by atoms with van der Waals surface area (Å²) < 4.78 is 21.0. The van der Waals surface area contributed by atoms with Gasteiger partial charge in [0.1, 0.15) is 17.7 Å². The Morgan fingerprint density at radius 3 is 2.77 bits per heavy atom. The van der Waals surface area contributed by atoms with Gasteiger partial charge in [-0.15, -0.1) is 0 Å². The first-order valence-electron chi connectivity index (χ1n) is 14.4. The third-order valence-electron chi connectivity index (χ3n) is 8.96. The zero-order chi connectivity index (χ0) is 27.2. The second-order valence-electron chi connectivity index (χ2n) is 11.3. The molecule has 3 aliphatic heterocycles. The molecule has 0 radical (unpaired) electrons. The van der Waals surface area contributed by atoms with Crippen LogP contribution in [0, 0.1) is 17.1 Å². The normalized spacial score (nSPS) is 24.7. The third-order valence-corrected chi connectivity index (χ3v) is 9.33. The van der Waals surface area contributed by atoms with Crippen LogP contribution in [0.25, 0.3) is 10.8 Å². The molecule has 2 saturated heterocycles. The van der Waals surface area contributed by atoms with Crippen LogP contribution < -0.4 is 19.9 Å². The Labute approximate surface area is 238 Å². The largest absolute Gasteiger partial charge is 0.458 e. The van der Waals surface area contributed by atoms with E-state index < -0.39 is 5.82 Å². The molecule has 0 bridgehead atoms. The van der Waals surface area contributed by atoms with Gasteiger partial charge in [0.05, 0.1) is 29.8 Å². The first-order chi connectivity index (χ1) is 19.6. The Kier molecular flexibility index (Phi) is 6.86. The summed E-state index contributed by atoms with van der Waals surface area (Å²) in [6.07, 6.45) is 4.75. The predicted molar refractivity (Wildman–Crippen MR) is 154 cm³/mol. The molecule has 4 heterocycles. The molecule has 8 nitrogen and oxygen atoms in total. The number of hydrogen-bond acceptors (Lipinski definition) is 8. The van der Waals surface area contributed by atoms with Crippen molar-refractivity contribution in [2.75, 3.05) is 49.1 Å². The van der Waals surface area contributed by atoms with Gasteiger partial charge in [0.25, 0.3) is 0 Å². The van der Waals surface area contributed by atoms with Crippen LogP contribution in [0.3, 0.4) is 0 Å². The van der Waals surface area contributed by atoms with Crippen molar-refractivity contribution in [3.63, 3.8) is 0 Å². The number of likely N-dealkylation sites (tertiary alicyclic amines) is 1. The summed E-state index contributed by atoms with van der Waals surface area (Å²) in [7, 11) is 0. The van der Waals surface area contributed by atoms with Crippen molar-refractivity contribution in [2.24, 2.45) is 0 Å². The van der Waals surface area contributed by atoms with Gasteiger partial charge in [0.2, 0.25) is 0 Å². The van der Waals surface area contributed by atoms with Crippen molar-refractivity contribution in [3.05, 3.63) is 52.4 Å². The monoisotopic (exact) mass is 561 g/mol. The van der Waals surface area contributed by atoms with Crippen LogP contribution in [0.5, 0.6) is 6.01 Å². The molecule has 1 aromatic heterocycles. The van der Waals surface area contributed by atoms with Gasteiger partial charge < -0.3 is 19.9 Å². The third kappa shape index (κ3) is 4.62. The maximum Gasteiger partial charge on any atom is 0.319 e. The summed E-state index contributed by atoms with van der Waals surface area (Å²) in [6, 6.07) is 12.4. The number of nitriles is 1. The number of aromatic nitrogens is 2. The minimum atomic E-state index is -0.415. The first kappa shape index (κ1) is 25.8. The average molecular weight is 562 g/mol. The molecular formula is C30H33ClFN7O. The number of ether oxygens (including phenoxy) is 1. The molecule has 0 amide bonds. The molecule has 10 heteroatoms. The molecule has 3 fully saturated rings. The predicted octanol–water partition coefficient (Wildman–Crippen LogP) is 4.29. The van der Waals surface area contributed by atoms with Gasteiger partial charge in [-0.2, -0.15) is 15.2 Å². The lowest BCUT2D eigenvalue weighted by Gasteiger charge is -2.47. The van der Waals surface area contributed by atoms with E-state index in [0.29, 0.717) is 25.0 Å². The molecule has 7 rings (SSSR count). The molecule has 1 N–H and O–H groups in total. The minimum Gasteiger partial charge on any atom is -0.458 e. The quantitative estimate of drug-likeness (QED) is 0.477. The number of benzene rings is 2. The lowest BCUT2D eigenvalue weighted by atomic mass is 9.86. The van der Waals surface area contributed by atoms with Gasteiger partial charge in [-0.1, -0.05) is 29.8 Å². The maximum absolute atomic E-state index is 14.5. The molecule has 3 aromatic rings. The lowest BCUT2D eigenvalue weighted by molar-refractivity contribution is -0.0362. The Bertz CT molecular complexity index is 1470. The first-order valence-corrected chi connectivity index (χ1v) is 14.7. The molecule has 2 unspecified atom stereocenters. The fourth-order valence-electron chi connectivity index (χ4n) is 6.54. The summed E-state index contributed by atoms with van der Waals surface area (Å²) in [5.41, 5.74) is 2.97. The smallest absolute Gasteiger partial charge is 0.319 e. The molecule has 2 aromatic carbocycles. The van der Waals surface area contributed by atoms with Crippen LogP contribution in [0.15, 0.2) is 30.3 Å². The molecule has 1 aliphatic carbocycles. The Hall–Kier alpha value is -3.19. The summed E-state index contributed by atoms with van der Waals surface area (Å²) in [4.78, 5) is 17.0. The Morgan fingerprint density at radius 2 is 2.00 bits per heavy atom. The number of piperazine rings is 1. The standard InChI is InChI=1S/C30H33ClFN7O/c31-28-22(32)6-5-19-3-1-4-25(27(19)28)38-15-10-21-23(18-38)35-30(40-26-8-7-24(26)37-13-2-14-37)36-29(21)39-16-12-34-20(17-39)9-11-33/h1,3-6,20,24,26,34H,2,7-10,12-18H2/t20-,24?,26?/m0/s1. The molecule has 0 spiro atoms. The van der Waals surface area contributed by atoms with Crippen molar-refractivity contribution in [2.45, 2.75) is 56.8 Å². The van der Waals surface area contributed by atoms with E-state index in [9.17, 15) is 9.65 Å². The molecule has 3 atom stereocenters. The zero-order valence-corrected chi connectivity index (χ0v) is 23.2. The van der Waals surface area contributed by atoms with E-state index in [1.54, 1.807) is 6.07 Å². The van der Waals surface area contributed by atoms with Crippen molar-refractivity contribution < 1.29 is 9.13 Å². The van der Waals surface area contributed by atoms with Crippen LogP contribution in [0.2, 0.25) is 5.02 Å². The highest BCUT2D eigenvalue weighted by molar-refractivity contribution is 6.36. The van der Waals surface area contributed by atoms with Crippen molar-refractivity contribution in [3.8, 4) is 12.1 Å². The number of anilines is 2. The van der Waals surface area contributed by atoms with Gasteiger partial charge >= 0.3 is 6.01 Å². The average Bonchev–Trinajstić information content (AvgIpc) is 2.94. The Morgan fingerprint density at radius 1 is 1.10 bits per heavy atom. The number of halogens is 2. The van der Waals surface area contributed by atoms with E-state index >= 15 is 0 Å². The highest BCUT2D eigenvalue weighted by Crippen LogP contribution is 2.39. The molecule has 208 valence electrons. The number of nitrogens with one attached hydrogen (secondary N) is 1. The molecule has 4 aliphatic rings. The van der Waals surface area contributed by atoms with Gasteiger partial charge in [0, 0.05) is 54.9 Å². The van der Waals surface area contributed by atoms with Crippen LogP contribution in [0.4, 0.5) is 15.9 Å². The molecule has 1 saturated carbocycles.